The first-order valence-electron chi connectivity index (χ1n) is 39.7. The minimum Gasteiger partial charge on any atom is -0.508 e. The number of aliphatic hydroxyl groups excluding tert-OH is 1. The molecule has 125 heavy (non-hydrogen) atoms. The van der Waals surface area contributed by atoms with Crippen molar-refractivity contribution in [3.63, 3.8) is 0 Å². The number of carbonyl (C=O) groups excluding carboxylic acids is 17. The molecular weight excluding hydrogens is 1650 g/mol. The predicted octanol–water partition coefficient (Wildman–Crippen LogP) is -4.86. The Morgan fingerprint density at radius 1 is 0.536 bits per heavy atom. The van der Waals surface area contributed by atoms with Gasteiger partial charge in [0.15, 0.2) is 5.78 Å². The number of carbonyl (C=O) groups is 21. The topological polar surface area (TPSA) is 751 Å². The lowest BCUT2D eigenvalue weighted by molar-refractivity contribution is -0.156. The summed E-state index contributed by atoms with van der Waals surface area (Å²) in [6, 6.07) is -7.92. The number of unbranched alkanes of at least 4 members (excludes halogenated alkanes) is 6. The molecule has 13 atom stereocenters. The van der Waals surface area contributed by atoms with Gasteiger partial charge < -0.3 is 132 Å². The Morgan fingerprint density at radius 2 is 1.09 bits per heavy atom. The minimum absolute atomic E-state index is 0.0368. The SMILES string of the molecule is CCCCCCCCCC(=O)N[C@@H](Cc1c[nH]c2ccccc12)C(=O)N[C@@H](CC(N)=O)C(=O)N[C@@H](CC(=O)O)C(=O)N[C@@H]1C(=O)NCC(=O)N[C@@H](CCCNC(=O)c2cc(O)ccc2N)C(=O)N[C@@H](CC(=O)O)C(=O)N[C@H](C)C(=O)N[C@@H](CC(=O)O)C(=O)NCC(=O)N[C@H](CO)C(=O)N[C@@H]([C@H](C)CC(=O)O)C(=O)N[C@@H](CC(=O)c2ccccc2N)C(=O)O[C@@H]1C. The number of ketones is 1. The number of aliphatic carboxylic acids is 4. The molecule has 46 nitrogen and oxygen atoms in total. The van der Waals surface area contributed by atoms with Crippen LogP contribution in [-0.2, 0) is 102 Å². The van der Waals surface area contributed by atoms with Gasteiger partial charge in [-0.3, -0.25) is 95.9 Å². The molecule has 46 heteroatoms. The zero-order valence-corrected chi connectivity index (χ0v) is 68.7. The van der Waals surface area contributed by atoms with E-state index in [1.54, 1.807) is 30.5 Å². The van der Waals surface area contributed by atoms with E-state index in [-0.39, 0.29) is 54.1 Å². The molecule has 4 aromatic rings. The van der Waals surface area contributed by atoms with Crippen LogP contribution in [-0.4, -0.2) is 259 Å². The summed E-state index contributed by atoms with van der Waals surface area (Å²) in [7, 11) is 0. The fourth-order valence-electron chi connectivity index (χ4n) is 12.8. The third-order valence-electron chi connectivity index (χ3n) is 19.4. The highest BCUT2D eigenvalue weighted by Gasteiger charge is 2.41. The van der Waals surface area contributed by atoms with Gasteiger partial charge in [-0.25, -0.2) is 4.79 Å². The average molecular weight is 1760 g/mol. The molecule has 27 N–H and O–H groups in total. The fourth-order valence-corrected chi connectivity index (χ4v) is 12.8. The number of hydrogen-bond donors (Lipinski definition) is 24. The lowest BCUT2D eigenvalue weighted by Gasteiger charge is -2.30. The molecule has 680 valence electrons. The molecule has 1 saturated heterocycles. The number of benzene rings is 3. The summed E-state index contributed by atoms with van der Waals surface area (Å²) in [5.74, 6) is -31.8. The standard InChI is InChI=1S/C79H106N18O28/c1-5-6-7-8-9-10-11-22-59(102)89-50(27-41-34-84-48-20-15-13-17-43(41)48)73(118)92-51(30-58(82)101)74(119)94-54(33-65(111)112)75(120)97-67-40(4)125-79(124)55(29-57(100)44-18-12-14-19-46(44)80)95-78(123)66(38(2)26-62(105)106)96-76(121)56(37-98)90-61(104)35-85-70(115)52(31-63(107)108)91-68(113)39(3)87-72(117)53(32-64(109)110)93-71(116)49(88-60(103)36-86-77(67)122)21-16-25-83-69(114)45-28-42(99)23-24-47(45)81/h12-15,17-20,23-24,28,34,38-40,49-56,66-67,84,98-99H,5-11,16,21-22,25-27,29-33,35-37,80-81H2,1-4H3,(H2,82,101)(H,83,114)(H,85,115)(H,86,122)(H,87,117)(H,88,103)(H,89,102)(H,90,104)(H,91,113)(H,92,118)(H,93,116)(H,94,119)(H,95,123)(H,96,121)(H,97,120)(H,105,106)(H,107,108)(H,109,110)(H,111,112)/t38-,39-,40-,49+,50+,51+,52+,53+,54+,55+,56-,66+,67+/m1/s1. The van der Waals surface area contributed by atoms with E-state index in [1.807, 2.05) is 16.0 Å². The zero-order valence-electron chi connectivity index (χ0n) is 68.7. The van der Waals surface area contributed by atoms with Crippen molar-refractivity contribution in [1.82, 2.24) is 79.4 Å². The van der Waals surface area contributed by atoms with Gasteiger partial charge in [-0.05, 0) is 81.0 Å². The average Bonchev–Trinajstić information content (AvgIpc) is 1.76. The van der Waals surface area contributed by atoms with Crippen LogP contribution in [0, 0.1) is 5.92 Å². The maximum Gasteiger partial charge on any atom is 0.329 e. The number of carboxylic acid groups (broad SMARTS) is 4. The quantitative estimate of drug-likeness (QED) is 0.00662. The van der Waals surface area contributed by atoms with Crippen LogP contribution < -0.4 is 91.6 Å². The number of Topliss-reactive ketones (excluding diaryl/α,β-unsaturated/α-hetero) is 1. The second kappa shape index (κ2) is 50.1. The van der Waals surface area contributed by atoms with E-state index in [2.05, 4.69) is 70.4 Å². The number of aromatic hydroxyl groups is 1. The summed E-state index contributed by atoms with van der Waals surface area (Å²) < 4.78 is 5.71. The van der Waals surface area contributed by atoms with Crippen LogP contribution in [0.15, 0.2) is 72.9 Å². The molecular formula is C79H106N18O28. The summed E-state index contributed by atoms with van der Waals surface area (Å²) in [5.41, 5.74) is 17.9. The Bertz CT molecular complexity index is 4630. The molecule has 1 aromatic heterocycles. The number of ether oxygens (including phenoxy) is 1. The van der Waals surface area contributed by atoms with Crippen LogP contribution in [0.25, 0.3) is 10.9 Å². The van der Waals surface area contributed by atoms with Gasteiger partial charge >= 0.3 is 29.8 Å². The van der Waals surface area contributed by atoms with E-state index in [1.165, 1.54) is 36.4 Å². The van der Waals surface area contributed by atoms with Gasteiger partial charge in [0, 0.05) is 59.8 Å². The first-order valence-corrected chi connectivity index (χ1v) is 39.7. The minimum atomic E-state index is -2.52. The summed E-state index contributed by atoms with van der Waals surface area (Å²) in [4.78, 5) is 292. The number of aliphatic hydroxyl groups is 1. The Balaban J connectivity index is 1.64. The number of cyclic esters (lactones) is 1. The number of para-hydroxylation sites is 2. The van der Waals surface area contributed by atoms with E-state index >= 15 is 0 Å². The molecule has 5 rings (SSSR count). The Morgan fingerprint density at radius 3 is 1.71 bits per heavy atom. The molecule has 0 unspecified atom stereocenters. The van der Waals surface area contributed by atoms with E-state index in [0.717, 1.165) is 58.9 Å². The van der Waals surface area contributed by atoms with Crippen LogP contribution in [0.4, 0.5) is 11.4 Å². The molecule has 0 spiro atoms. The highest BCUT2D eigenvalue weighted by molar-refractivity contribution is 6.06. The molecule has 15 amide bonds. The number of aromatic nitrogens is 1. The number of anilines is 2. The summed E-state index contributed by atoms with van der Waals surface area (Å²) in [6.45, 7) is 0.679. The fraction of sp³-hybridized carbons (Fsp3) is 0.481. The van der Waals surface area contributed by atoms with Crippen LogP contribution in [0.1, 0.15) is 157 Å². The molecule has 3 aromatic carbocycles. The number of rotatable bonds is 37. The van der Waals surface area contributed by atoms with Gasteiger partial charge in [-0.15, -0.1) is 0 Å². The van der Waals surface area contributed by atoms with E-state index in [0.29, 0.717) is 29.3 Å². The number of esters is 1. The third-order valence-corrected chi connectivity index (χ3v) is 19.4. The van der Waals surface area contributed by atoms with E-state index < -0.39 is 267 Å². The van der Waals surface area contributed by atoms with Crippen molar-refractivity contribution in [3.8, 4) is 5.75 Å². The molecule has 1 aliphatic rings. The number of amides is 15. The normalized spacial score (nSPS) is 20.3. The van der Waals surface area contributed by atoms with Gasteiger partial charge in [0.2, 0.25) is 82.7 Å². The first kappa shape index (κ1) is 101. The summed E-state index contributed by atoms with van der Waals surface area (Å²) in [5, 5.41) is 91.5. The predicted molar refractivity (Wildman–Crippen MR) is 436 cm³/mol. The molecule has 0 saturated carbocycles. The van der Waals surface area contributed by atoms with Crippen molar-refractivity contribution >= 4 is 147 Å². The molecule has 0 radical (unpaired) electrons. The molecule has 0 bridgehead atoms. The van der Waals surface area contributed by atoms with Gasteiger partial charge in [0.1, 0.15) is 78.3 Å². The highest BCUT2D eigenvalue weighted by Crippen LogP contribution is 2.23. The Labute approximate surface area is 713 Å². The second-order valence-corrected chi connectivity index (χ2v) is 29.5. The number of aromatic amines is 1. The summed E-state index contributed by atoms with van der Waals surface area (Å²) in [6.07, 6.45) is -3.20. The van der Waals surface area contributed by atoms with E-state index in [9.17, 15) is 131 Å². The number of nitrogen functional groups attached to an aromatic ring is 2. The van der Waals surface area contributed by atoms with Crippen molar-refractivity contribution in [1.29, 1.82) is 0 Å². The Kier molecular flexibility index (Phi) is 40.6. The van der Waals surface area contributed by atoms with Crippen molar-refractivity contribution in [2.45, 2.75) is 209 Å². The number of H-pyrrole nitrogens is 1. The van der Waals surface area contributed by atoms with Crippen molar-refractivity contribution < 1.29 is 136 Å². The number of primary amides is 1. The van der Waals surface area contributed by atoms with Crippen molar-refractivity contribution in [2.24, 2.45) is 11.7 Å². The lowest BCUT2D eigenvalue weighted by Crippen LogP contribution is -2.62. The number of nitrogens with one attached hydrogen (secondary N) is 15. The highest BCUT2D eigenvalue weighted by atomic mass is 16.5. The van der Waals surface area contributed by atoms with Crippen molar-refractivity contribution in [3.05, 3.63) is 89.6 Å². The lowest BCUT2D eigenvalue weighted by atomic mass is 9.96. The number of phenolic OH excluding ortho intramolecular Hbond substituents is 1. The van der Waals surface area contributed by atoms with Crippen LogP contribution in [0.3, 0.4) is 0 Å². The molecule has 0 aliphatic carbocycles. The second-order valence-electron chi connectivity index (χ2n) is 29.5. The summed E-state index contributed by atoms with van der Waals surface area (Å²) >= 11 is 0. The molecule has 2 heterocycles. The van der Waals surface area contributed by atoms with Gasteiger partial charge in [0.05, 0.1) is 57.4 Å². The number of nitrogens with two attached hydrogens (primary N) is 3. The number of carboxylic acids is 4. The maximum absolute atomic E-state index is 15.0. The monoisotopic (exact) mass is 1750 g/mol. The Hall–Kier alpha value is -14.4. The maximum atomic E-state index is 15.0. The van der Waals surface area contributed by atoms with Crippen LogP contribution in [0.5, 0.6) is 5.75 Å². The van der Waals surface area contributed by atoms with Crippen LogP contribution in [0.2, 0.25) is 0 Å². The largest absolute Gasteiger partial charge is 0.508 e. The number of hydrogen-bond acceptors (Lipinski definition) is 26. The molecule has 1 aliphatic heterocycles. The third kappa shape index (κ3) is 33.9. The smallest absolute Gasteiger partial charge is 0.329 e. The number of fused-ring (bicyclic) bond motifs is 1. The zero-order chi connectivity index (χ0) is 92.9. The van der Waals surface area contributed by atoms with E-state index in [4.69, 9.17) is 21.9 Å². The van der Waals surface area contributed by atoms with Gasteiger partial charge in [-0.2, -0.15) is 0 Å². The first-order chi connectivity index (χ1) is 59.1. The van der Waals surface area contributed by atoms with Crippen LogP contribution >= 0.6 is 0 Å². The number of phenols is 1. The van der Waals surface area contributed by atoms with Gasteiger partial charge in [-0.1, -0.05) is 82.7 Å². The molecule has 1 fully saturated rings. The van der Waals surface area contributed by atoms with Crippen molar-refractivity contribution in [2.75, 3.05) is 37.7 Å². The van der Waals surface area contributed by atoms with Gasteiger partial charge in [0.25, 0.3) is 5.91 Å².